The van der Waals surface area contributed by atoms with Crippen LogP contribution in [0, 0.1) is 27.7 Å². The van der Waals surface area contributed by atoms with Crippen LogP contribution in [-0.2, 0) is 9.53 Å². The molecule has 0 saturated carbocycles. The minimum atomic E-state index is -0.575. The summed E-state index contributed by atoms with van der Waals surface area (Å²) in [6.07, 6.45) is 0. The highest BCUT2D eigenvalue weighted by atomic mass is 16.5. The van der Waals surface area contributed by atoms with Crippen LogP contribution in [0.3, 0.4) is 0 Å². The number of carbonyl (C=O) groups excluding carboxylic acids is 2. The second-order valence-corrected chi connectivity index (χ2v) is 6.78. The number of amides is 1. The number of hydrogen-bond acceptors (Lipinski definition) is 5. The van der Waals surface area contributed by atoms with Gasteiger partial charge in [-0.3, -0.25) is 4.79 Å². The predicted molar refractivity (Wildman–Crippen MR) is 110 cm³/mol. The lowest BCUT2D eigenvalue weighted by atomic mass is 10.1. The Hall–Kier alpha value is -3.54. The van der Waals surface area contributed by atoms with E-state index in [0.717, 1.165) is 16.9 Å². The van der Waals surface area contributed by atoms with Crippen LogP contribution in [0.15, 0.2) is 52.9 Å². The van der Waals surface area contributed by atoms with E-state index in [9.17, 15) is 9.59 Å². The molecule has 6 heteroatoms. The number of rotatable bonds is 6. The smallest absolute Gasteiger partial charge is 0.342 e. The van der Waals surface area contributed by atoms with E-state index >= 15 is 0 Å². The Labute approximate surface area is 169 Å². The molecule has 1 heterocycles. The fourth-order valence-corrected chi connectivity index (χ4v) is 2.92. The topological polar surface area (TPSA) is 77.8 Å². The van der Waals surface area contributed by atoms with Gasteiger partial charge in [0.05, 0.1) is 0 Å². The molecule has 0 aliphatic rings. The van der Waals surface area contributed by atoms with E-state index in [1.54, 1.807) is 45.0 Å². The van der Waals surface area contributed by atoms with Gasteiger partial charge in [-0.05, 0) is 69.7 Å². The molecule has 0 aliphatic heterocycles. The summed E-state index contributed by atoms with van der Waals surface area (Å²) in [6, 6.07) is 14.7. The molecule has 2 aromatic carbocycles. The van der Waals surface area contributed by atoms with E-state index in [1.165, 1.54) is 0 Å². The predicted octanol–water partition coefficient (Wildman–Crippen LogP) is 5.10. The zero-order chi connectivity index (χ0) is 21.0. The van der Waals surface area contributed by atoms with Crippen LogP contribution >= 0.6 is 0 Å². The Morgan fingerprint density at radius 2 is 1.66 bits per heavy atom. The SMILES string of the molecule is Cc1cccc(Oc2ccc(NC(=O)COC(=O)c3c(C)oc(C)c3C)cc2)c1. The minimum absolute atomic E-state index is 0.368. The monoisotopic (exact) mass is 393 g/mol. The number of benzene rings is 2. The van der Waals surface area contributed by atoms with Crippen molar-refractivity contribution in [2.75, 3.05) is 11.9 Å². The van der Waals surface area contributed by atoms with Gasteiger partial charge in [0.2, 0.25) is 0 Å². The van der Waals surface area contributed by atoms with Crippen LogP contribution in [0.2, 0.25) is 0 Å². The number of ether oxygens (including phenoxy) is 2. The van der Waals surface area contributed by atoms with Gasteiger partial charge in [0.25, 0.3) is 5.91 Å². The maximum Gasteiger partial charge on any atom is 0.342 e. The normalized spacial score (nSPS) is 10.5. The highest BCUT2D eigenvalue weighted by Crippen LogP contribution is 2.24. The molecule has 0 aliphatic carbocycles. The molecular formula is C23H23NO5. The van der Waals surface area contributed by atoms with Gasteiger partial charge in [0.1, 0.15) is 28.6 Å². The van der Waals surface area contributed by atoms with Crippen molar-refractivity contribution < 1.29 is 23.5 Å². The van der Waals surface area contributed by atoms with Gasteiger partial charge >= 0.3 is 5.97 Å². The van der Waals surface area contributed by atoms with Gasteiger partial charge < -0.3 is 19.2 Å². The summed E-state index contributed by atoms with van der Waals surface area (Å²) < 4.78 is 16.3. The number of hydrogen-bond donors (Lipinski definition) is 1. The van der Waals surface area contributed by atoms with Crippen LogP contribution in [-0.4, -0.2) is 18.5 Å². The van der Waals surface area contributed by atoms with Crippen molar-refractivity contribution in [1.29, 1.82) is 0 Å². The Morgan fingerprint density at radius 1 is 0.931 bits per heavy atom. The van der Waals surface area contributed by atoms with Crippen LogP contribution in [0.1, 0.15) is 33.0 Å². The number of nitrogens with one attached hydrogen (secondary N) is 1. The van der Waals surface area contributed by atoms with Gasteiger partial charge in [0.15, 0.2) is 6.61 Å². The molecule has 150 valence electrons. The van der Waals surface area contributed by atoms with Crippen LogP contribution in [0.25, 0.3) is 0 Å². The molecule has 29 heavy (non-hydrogen) atoms. The van der Waals surface area contributed by atoms with Crippen molar-refractivity contribution in [3.8, 4) is 11.5 Å². The van der Waals surface area contributed by atoms with Crippen LogP contribution in [0.5, 0.6) is 11.5 Å². The molecule has 3 rings (SSSR count). The molecule has 1 aromatic heterocycles. The molecule has 3 aromatic rings. The fraction of sp³-hybridized carbons (Fsp3) is 0.217. The third kappa shape index (κ3) is 5.04. The summed E-state index contributed by atoms with van der Waals surface area (Å²) in [5.41, 5.74) is 2.77. The minimum Gasteiger partial charge on any atom is -0.465 e. The van der Waals surface area contributed by atoms with Crippen molar-refractivity contribution in [3.63, 3.8) is 0 Å². The molecule has 6 nitrogen and oxygen atoms in total. The zero-order valence-corrected chi connectivity index (χ0v) is 16.9. The fourth-order valence-electron chi connectivity index (χ4n) is 2.92. The molecular weight excluding hydrogens is 370 g/mol. The van der Waals surface area contributed by atoms with Gasteiger partial charge in [0, 0.05) is 11.3 Å². The van der Waals surface area contributed by atoms with E-state index in [0.29, 0.717) is 28.5 Å². The third-order valence-electron chi connectivity index (χ3n) is 4.46. The van der Waals surface area contributed by atoms with Crippen molar-refractivity contribution >= 4 is 17.6 Å². The lowest BCUT2D eigenvalue weighted by molar-refractivity contribution is -0.119. The summed E-state index contributed by atoms with van der Waals surface area (Å²) in [7, 11) is 0. The van der Waals surface area contributed by atoms with Gasteiger partial charge in [-0.15, -0.1) is 0 Å². The third-order valence-corrected chi connectivity index (χ3v) is 4.46. The molecule has 0 saturated heterocycles. The average Bonchev–Trinajstić information content (AvgIpc) is 2.93. The quantitative estimate of drug-likeness (QED) is 0.590. The molecule has 0 unspecified atom stereocenters. The number of carbonyl (C=O) groups is 2. The van der Waals surface area contributed by atoms with E-state index in [1.807, 2.05) is 31.2 Å². The summed E-state index contributed by atoms with van der Waals surface area (Å²) in [5, 5.41) is 2.69. The number of aryl methyl sites for hydroxylation is 3. The van der Waals surface area contributed by atoms with Gasteiger partial charge in [-0.25, -0.2) is 4.79 Å². The highest BCUT2D eigenvalue weighted by Gasteiger charge is 2.20. The first kappa shape index (κ1) is 20.2. The second kappa shape index (κ2) is 8.65. The average molecular weight is 393 g/mol. The van der Waals surface area contributed by atoms with Gasteiger partial charge in [-0.2, -0.15) is 0 Å². The Kier molecular flexibility index (Phi) is 6.02. The molecule has 0 fully saturated rings. The van der Waals surface area contributed by atoms with Gasteiger partial charge in [-0.1, -0.05) is 12.1 Å². The van der Waals surface area contributed by atoms with Crippen molar-refractivity contribution in [1.82, 2.24) is 0 Å². The number of anilines is 1. The number of furan rings is 1. The van der Waals surface area contributed by atoms with E-state index in [-0.39, 0.29) is 6.61 Å². The standard InChI is InChI=1S/C23H23NO5/c1-14-6-5-7-20(12-14)29-19-10-8-18(9-11-19)24-21(25)13-27-23(26)22-15(2)16(3)28-17(22)4/h5-12H,13H2,1-4H3,(H,24,25). The molecule has 0 atom stereocenters. The maximum absolute atomic E-state index is 12.2. The Morgan fingerprint density at radius 3 is 2.28 bits per heavy atom. The maximum atomic E-state index is 12.2. The van der Waals surface area contributed by atoms with Crippen molar-refractivity contribution in [2.45, 2.75) is 27.7 Å². The zero-order valence-electron chi connectivity index (χ0n) is 16.9. The molecule has 0 radical (unpaired) electrons. The first-order valence-corrected chi connectivity index (χ1v) is 9.21. The summed E-state index contributed by atoms with van der Waals surface area (Å²) in [4.78, 5) is 24.3. The first-order valence-electron chi connectivity index (χ1n) is 9.21. The summed E-state index contributed by atoms with van der Waals surface area (Å²) in [5.74, 6) is 1.53. The Balaban J connectivity index is 1.53. The Bertz CT molecular complexity index is 1030. The van der Waals surface area contributed by atoms with Crippen LogP contribution in [0.4, 0.5) is 5.69 Å². The lowest BCUT2D eigenvalue weighted by Gasteiger charge is -2.09. The van der Waals surface area contributed by atoms with E-state index in [2.05, 4.69) is 5.32 Å². The molecule has 0 bridgehead atoms. The lowest BCUT2D eigenvalue weighted by Crippen LogP contribution is -2.21. The first-order chi connectivity index (χ1) is 13.8. The van der Waals surface area contributed by atoms with Crippen molar-refractivity contribution in [2.24, 2.45) is 0 Å². The van der Waals surface area contributed by atoms with Crippen molar-refractivity contribution in [3.05, 3.63) is 76.7 Å². The van der Waals surface area contributed by atoms with Crippen LogP contribution < -0.4 is 10.1 Å². The summed E-state index contributed by atoms with van der Waals surface area (Å²) >= 11 is 0. The molecule has 1 N–H and O–H groups in total. The molecule has 1 amide bonds. The van der Waals surface area contributed by atoms with E-state index < -0.39 is 11.9 Å². The number of esters is 1. The van der Waals surface area contributed by atoms with E-state index in [4.69, 9.17) is 13.9 Å². The second-order valence-electron chi connectivity index (χ2n) is 6.78. The summed E-state index contributed by atoms with van der Waals surface area (Å²) in [6.45, 7) is 6.86. The largest absolute Gasteiger partial charge is 0.465 e. The molecule has 0 spiro atoms. The highest BCUT2D eigenvalue weighted by molar-refractivity contribution is 5.96.